The van der Waals surface area contributed by atoms with E-state index in [0.29, 0.717) is 11.7 Å². The third-order valence-electron chi connectivity index (χ3n) is 4.81. The fourth-order valence-corrected chi connectivity index (χ4v) is 3.39. The van der Waals surface area contributed by atoms with E-state index in [9.17, 15) is 0 Å². The first kappa shape index (κ1) is 16.9. The van der Waals surface area contributed by atoms with Gasteiger partial charge in [0.05, 0.1) is 6.54 Å². The Balaban J connectivity index is 1.29. The van der Waals surface area contributed by atoms with Crippen molar-refractivity contribution in [3.05, 3.63) is 71.6 Å². The quantitative estimate of drug-likeness (QED) is 0.707. The van der Waals surface area contributed by atoms with Gasteiger partial charge in [-0.05, 0) is 12.5 Å². The second kappa shape index (κ2) is 7.81. The minimum absolute atomic E-state index is 0.665. The van der Waals surface area contributed by atoms with Gasteiger partial charge in [0.1, 0.15) is 0 Å². The lowest BCUT2D eigenvalue weighted by molar-refractivity contribution is 0.112. The van der Waals surface area contributed by atoms with Crippen LogP contribution in [0.5, 0.6) is 0 Å². The molecule has 2 heterocycles. The first-order valence-electron chi connectivity index (χ1n) is 9.14. The van der Waals surface area contributed by atoms with E-state index in [1.54, 1.807) is 0 Å². The molecule has 1 aliphatic heterocycles. The fourth-order valence-electron chi connectivity index (χ4n) is 3.39. The van der Waals surface area contributed by atoms with Gasteiger partial charge in [0, 0.05) is 38.3 Å². The number of piperazine rings is 1. The second-order valence-electron chi connectivity index (χ2n) is 6.92. The van der Waals surface area contributed by atoms with Crippen LogP contribution in [0.1, 0.15) is 17.0 Å². The van der Waals surface area contributed by atoms with Gasteiger partial charge in [0.2, 0.25) is 11.7 Å². The molecule has 0 aliphatic carbocycles. The van der Waals surface area contributed by atoms with Gasteiger partial charge in [0.15, 0.2) is 0 Å². The molecule has 1 saturated heterocycles. The average molecular weight is 348 g/mol. The summed E-state index contributed by atoms with van der Waals surface area (Å²) in [4.78, 5) is 9.43. The van der Waals surface area contributed by atoms with E-state index in [2.05, 4.69) is 51.1 Å². The third-order valence-corrected chi connectivity index (χ3v) is 4.81. The SMILES string of the molecule is Cc1cccc(CN2CCN(Cc3nc(-c4ccccc4)no3)CC2)c1. The maximum absolute atomic E-state index is 5.44. The minimum Gasteiger partial charge on any atom is -0.338 e. The van der Waals surface area contributed by atoms with E-state index < -0.39 is 0 Å². The van der Waals surface area contributed by atoms with Gasteiger partial charge in [0.25, 0.3) is 0 Å². The van der Waals surface area contributed by atoms with Crippen LogP contribution in [0.4, 0.5) is 0 Å². The lowest BCUT2D eigenvalue weighted by Crippen LogP contribution is -2.45. The van der Waals surface area contributed by atoms with Crippen LogP contribution in [0.3, 0.4) is 0 Å². The van der Waals surface area contributed by atoms with Gasteiger partial charge in [-0.3, -0.25) is 9.80 Å². The number of aryl methyl sites for hydroxylation is 1. The van der Waals surface area contributed by atoms with E-state index in [0.717, 1.165) is 44.8 Å². The van der Waals surface area contributed by atoms with Crippen LogP contribution in [0.2, 0.25) is 0 Å². The highest BCUT2D eigenvalue weighted by molar-refractivity contribution is 5.53. The van der Waals surface area contributed by atoms with E-state index in [4.69, 9.17) is 4.52 Å². The van der Waals surface area contributed by atoms with Gasteiger partial charge < -0.3 is 4.52 Å². The minimum atomic E-state index is 0.665. The Bertz CT molecular complexity index is 838. The molecule has 134 valence electrons. The summed E-state index contributed by atoms with van der Waals surface area (Å²) in [5, 5.41) is 4.11. The average Bonchev–Trinajstić information content (AvgIpc) is 3.13. The highest BCUT2D eigenvalue weighted by atomic mass is 16.5. The second-order valence-corrected chi connectivity index (χ2v) is 6.92. The summed E-state index contributed by atoms with van der Waals surface area (Å²) in [6, 6.07) is 18.7. The molecular formula is C21H24N4O. The van der Waals surface area contributed by atoms with Gasteiger partial charge >= 0.3 is 0 Å². The van der Waals surface area contributed by atoms with Gasteiger partial charge in [-0.1, -0.05) is 65.3 Å². The van der Waals surface area contributed by atoms with Crippen LogP contribution in [-0.4, -0.2) is 46.1 Å². The summed E-state index contributed by atoms with van der Waals surface area (Å²) in [7, 11) is 0. The van der Waals surface area contributed by atoms with Gasteiger partial charge in [-0.2, -0.15) is 4.98 Å². The Morgan fingerprint density at radius 2 is 1.62 bits per heavy atom. The molecular weight excluding hydrogens is 324 g/mol. The van der Waals surface area contributed by atoms with Crippen molar-refractivity contribution in [2.45, 2.75) is 20.0 Å². The molecule has 0 N–H and O–H groups in total. The van der Waals surface area contributed by atoms with E-state index in [1.807, 2.05) is 30.3 Å². The number of rotatable bonds is 5. The van der Waals surface area contributed by atoms with E-state index in [-0.39, 0.29) is 0 Å². The standard InChI is InChI=1S/C21H24N4O/c1-17-6-5-7-18(14-17)15-24-10-12-25(13-11-24)16-20-22-21(23-26-20)19-8-3-2-4-9-19/h2-9,14H,10-13,15-16H2,1H3. The van der Waals surface area contributed by atoms with Crippen LogP contribution < -0.4 is 0 Å². The zero-order valence-corrected chi connectivity index (χ0v) is 15.1. The van der Waals surface area contributed by atoms with Crippen molar-refractivity contribution in [2.24, 2.45) is 0 Å². The summed E-state index contributed by atoms with van der Waals surface area (Å²) in [5.74, 6) is 1.36. The molecule has 0 spiro atoms. The fraction of sp³-hybridized carbons (Fsp3) is 0.333. The molecule has 0 unspecified atom stereocenters. The van der Waals surface area contributed by atoms with Crippen LogP contribution in [-0.2, 0) is 13.1 Å². The van der Waals surface area contributed by atoms with Crippen LogP contribution in [0, 0.1) is 6.92 Å². The summed E-state index contributed by atoms with van der Waals surface area (Å²) in [6.45, 7) is 8.06. The molecule has 0 amide bonds. The Hall–Kier alpha value is -2.50. The molecule has 0 atom stereocenters. The zero-order chi connectivity index (χ0) is 17.8. The highest BCUT2D eigenvalue weighted by Gasteiger charge is 2.19. The van der Waals surface area contributed by atoms with Gasteiger partial charge in [-0.25, -0.2) is 0 Å². The lowest BCUT2D eigenvalue weighted by Gasteiger charge is -2.33. The van der Waals surface area contributed by atoms with Crippen molar-refractivity contribution < 1.29 is 4.52 Å². The number of nitrogens with zero attached hydrogens (tertiary/aromatic N) is 4. The smallest absolute Gasteiger partial charge is 0.241 e. The number of hydrogen-bond acceptors (Lipinski definition) is 5. The molecule has 0 bridgehead atoms. The first-order chi connectivity index (χ1) is 12.8. The predicted molar refractivity (Wildman–Crippen MR) is 101 cm³/mol. The van der Waals surface area contributed by atoms with Crippen molar-refractivity contribution in [2.75, 3.05) is 26.2 Å². The monoisotopic (exact) mass is 348 g/mol. The van der Waals surface area contributed by atoms with Crippen molar-refractivity contribution in [1.29, 1.82) is 0 Å². The Morgan fingerprint density at radius 3 is 2.35 bits per heavy atom. The molecule has 1 fully saturated rings. The van der Waals surface area contributed by atoms with Crippen molar-refractivity contribution in [3.8, 4) is 11.4 Å². The van der Waals surface area contributed by atoms with Crippen molar-refractivity contribution in [3.63, 3.8) is 0 Å². The van der Waals surface area contributed by atoms with Crippen LogP contribution in [0.15, 0.2) is 59.1 Å². The highest BCUT2D eigenvalue weighted by Crippen LogP contribution is 2.16. The number of hydrogen-bond donors (Lipinski definition) is 0. The van der Waals surface area contributed by atoms with Gasteiger partial charge in [-0.15, -0.1) is 0 Å². The molecule has 5 nitrogen and oxygen atoms in total. The summed E-state index contributed by atoms with van der Waals surface area (Å²) in [5.41, 5.74) is 3.71. The number of aromatic nitrogens is 2. The molecule has 0 saturated carbocycles. The summed E-state index contributed by atoms with van der Waals surface area (Å²) >= 11 is 0. The number of benzene rings is 2. The Labute approximate surface area is 154 Å². The Kier molecular flexibility index (Phi) is 5.09. The van der Waals surface area contributed by atoms with E-state index in [1.165, 1.54) is 11.1 Å². The topological polar surface area (TPSA) is 45.4 Å². The molecule has 4 rings (SSSR count). The molecule has 26 heavy (non-hydrogen) atoms. The molecule has 1 aromatic heterocycles. The molecule has 1 aliphatic rings. The van der Waals surface area contributed by atoms with Crippen LogP contribution in [0.25, 0.3) is 11.4 Å². The summed E-state index contributed by atoms with van der Waals surface area (Å²) in [6.07, 6.45) is 0. The molecule has 0 radical (unpaired) electrons. The van der Waals surface area contributed by atoms with Crippen molar-refractivity contribution in [1.82, 2.24) is 19.9 Å². The maximum Gasteiger partial charge on any atom is 0.241 e. The van der Waals surface area contributed by atoms with Crippen LogP contribution >= 0.6 is 0 Å². The lowest BCUT2D eigenvalue weighted by atomic mass is 10.1. The molecule has 2 aromatic carbocycles. The van der Waals surface area contributed by atoms with Crippen molar-refractivity contribution >= 4 is 0 Å². The largest absolute Gasteiger partial charge is 0.338 e. The summed E-state index contributed by atoms with van der Waals surface area (Å²) < 4.78 is 5.44. The first-order valence-corrected chi connectivity index (χ1v) is 9.14. The molecule has 5 heteroatoms. The Morgan fingerprint density at radius 1 is 0.885 bits per heavy atom. The maximum atomic E-state index is 5.44. The normalized spacial score (nSPS) is 16.0. The third kappa shape index (κ3) is 4.18. The predicted octanol–water partition coefficient (Wildman–Crippen LogP) is 3.36. The van der Waals surface area contributed by atoms with E-state index >= 15 is 0 Å². The molecule has 3 aromatic rings. The zero-order valence-electron chi connectivity index (χ0n) is 15.1.